The van der Waals surface area contributed by atoms with Crippen LogP contribution in [0.15, 0.2) is 17.0 Å². The maximum Gasteiger partial charge on any atom is 0.161 e. The first-order valence-corrected chi connectivity index (χ1v) is 9.69. The summed E-state index contributed by atoms with van der Waals surface area (Å²) < 4.78 is 22.0. The summed E-state index contributed by atoms with van der Waals surface area (Å²) in [6.45, 7) is 3.63. The fraction of sp³-hybridized carbons (Fsp3) is 0.600. The van der Waals surface area contributed by atoms with E-state index in [-0.39, 0.29) is 5.25 Å². The molecule has 1 aromatic carbocycles. The van der Waals surface area contributed by atoms with Gasteiger partial charge < -0.3 is 14.8 Å². The van der Waals surface area contributed by atoms with Crippen LogP contribution >= 0.6 is 11.8 Å². The number of hydrogen-bond acceptors (Lipinski definition) is 5. The lowest BCUT2D eigenvalue weighted by Crippen LogP contribution is -2.21. The highest BCUT2D eigenvalue weighted by Crippen LogP contribution is 2.34. The Labute approximate surface area is 134 Å². The molecule has 0 spiro atoms. The third-order valence-electron chi connectivity index (χ3n) is 3.40. The molecule has 21 heavy (non-hydrogen) atoms. The Morgan fingerprint density at radius 1 is 1.29 bits per heavy atom. The largest absolute Gasteiger partial charge is 0.493 e. The van der Waals surface area contributed by atoms with Crippen molar-refractivity contribution in [2.75, 3.05) is 33.3 Å². The monoisotopic (exact) mass is 331 g/mol. The van der Waals surface area contributed by atoms with Crippen molar-refractivity contribution in [2.45, 2.75) is 30.0 Å². The average Bonchev–Trinajstić information content (AvgIpc) is 2.50. The van der Waals surface area contributed by atoms with Crippen LogP contribution in [0.3, 0.4) is 0 Å². The van der Waals surface area contributed by atoms with Gasteiger partial charge in [-0.05, 0) is 36.9 Å². The minimum Gasteiger partial charge on any atom is -0.493 e. The SMILES string of the molecule is COc1cc(CNCCC(C)S(C)=O)c(SC)cc1OC. The van der Waals surface area contributed by atoms with E-state index in [1.165, 1.54) is 10.5 Å². The van der Waals surface area contributed by atoms with Crippen molar-refractivity contribution in [1.29, 1.82) is 0 Å². The van der Waals surface area contributed by atoms with Crippen molar-refractivity contribution in [3.8, 4) is 11.5 Å². The van der Waals surface area contributed by atoms with Crippen molar-refractivity contribution >= 4 is 22.6 Å². The van der Waals surface area contributed by atoms with E-state index in [0.29, 0.717) is 0 Å². The van der Waals surface area contributed by atoms with E-state index in [1.807, 2.05) is 25.3 Å². The van der Waals surface area contributed by atoms with E-state index in [4.69, 9.17) is 9.47 Å². The fourth-order valence-electron chi connectivity index (χ4n) is 1.92. The number of ether oxygens (including phenoxy) is 2. The van der Waals surface area contributed by atoms with Gasteiger partial charge in [0.2, 0.25) is 0 Å². The van der Waals surface area contributed by atoms with Crippen LogP contribution in [0, 0.1) is 0 Å². The molecule has 0 saturated heterocycles. The van der Waals surface area contributed by atoms with Crippen LogP contribution in [0.25, 0.3) is 0 Å². The summed E-state index contributed by atoms with van der Waals surface area (Å²) in [7, 11) is 2.54. The number of rotatable bonds is 9. The molecule has 0 bridgehead atoms. The number of nitrogens with one attached hydrogen (secondary N) is 1. The topological polar surface area (TPSA) is 47.6 Å². The van der Waals surface area contributed by atoms with Crippen LogP contribution in [0.1, 0.15) is 18.9 Å². The molecule has 0 amide bonds. The molecule has 0 fully saturated rings. The number of benzene rings is 1. The third kappa shape index (κ3) is 5.52. The summed E-state index contributed by atoms with van der Waals surface area (Å²) in [5.41, 5.74) is 1.19. The number of hydrogen-bond donors (Lipinski definition) is 1. The van der Waals surface area contributed by atoms with Gasteiger partial charge in [-0.3, -0.25) is 4.21 Å². The maximum atomic E-state index is 11.3. The first kappa shape index (κ1) is 18.3. The minimum absolute atomic E-state index is 0.225. The first-order valence-electron chi connectivity index (χ1n) is 6.85. The van der Waals surface area contributed by atoms with E-state index >= 15 is 0 Å². The van der Waals surface area contributed by atoms with E-state index < -0.39 is 10.8 Å². The summed E-state index contributed by atoms with van der Waals surface area (Å²) in [5.74, 6) is 1.50. The van der Waals surface area contributed by atoms with Crippen molar-refractivity contribution in [3.05, 3.63) is 17.7 Å². The molecule has 2 unspecified atom stereocenters. The lowest BCUT2D eigenvalue weighted by molar-refractivity contribution is 0.353. The fourth-order valence-corrected chi connectivity index (χ4v) is 2.99. The quantitative estimate of drug-likeness (QED) is 0.557. The van der Waals surface area contributed by atoms with Gasteiger partial charge in [0, 0.05) is 33.7 Å². The maximum absolute atomic E-state index is 11.3. The Hall–Kier alpha value is -0.720. The van der Waals surface area contributed by atoms with Crippen LogP contribution < -0.4 is 14.8 Å². The lowest BCUT2D eigenvalue weighted by Gasteiger charge is -2.15. The van der Waals surface area contributed by atoms with Crippen molar-refractivity contribution in [3.63, 3.8) is 0 Å². The molecule has 0 aliphatic heterocycles. The van der Waals surface area contributed by atoms with Gasteiger partial charge in [0.25, 0.3) is 0 Å². The molecule has 0 saturated carbocycles. The average molecular weight is 332 g/mol. The van der Waals surface area contributed by atoms with Crippen molar-refractivity contribution in [2.24, 2.45) is 0 Å². The molecule has 120 valence electrons. The molecule has 0 aromatic heterocycles. The second kappa shape index (κ2) is 9.33. The summed E-state index contributed by atoms with van der Waals surface area (Å²) in [5, 5.41) is 3.63. The molecule has 0 heterocycles. The summed E-state index contributed by atoms with van der Waals surface area (Å²) in [6.07, 6.45) is 4.71. The molecule has 1 aromatic rings. The predicted octanol–water partition coefficient (Wildman–Crippen LogP) is 2.67. The highest BCUT2D eigenvalue weighted by atomic mass is 32.2. The molecule has 0 aliphatic rings. The van der Waals surface area contributed by atoms with Gasteiger partial charge in [-0.25, -0.2) is 0 Å². The third-order valence-corrected chi connectivity index (χ3v) is 5.59. The van der Waals surface area contributed by atoms with Gasteiger partial charge in [-0.1, -0.05) is 6.92 Å². The summed E-state index contributed by atoms with van der Waals surface area (Å²) in [6, 6.07) is 4.02. The zero-order valence-corrected chi connectivity index (χ0v) is 15.0. The van der Waals surface area contributed by atoms with Crippen LogP contribution in [-0.4, -0.2) is 42.7 Å². The van der Waals surface area contributed by atoms with Crippen molar-refractivity contribution < 1.29 is 13.7 Å². The molecular formula is C15H25NO3S2. The standard InChI is InChI=1S/C15H25NO3S2/c1-11(21(5)17)6-7-16-10-12-8-13(18-2)14(19-3)9-15(12)20-4/h8-9,11,16H,6-7,10H2,1-5H3. The minimum atomic E-state index is -0.754. The smallest absolute Gasteiger partial charge is 0.161 e. The molecule has 2 atom stereocenters. The Bertz CT molecular complexity index is 480. The Balaban J connectivity index is 2.67. The highest BCUT2D eigenvalue weighted by molar-refractivity contribution is 7.98. The summed E-state index contributed by atoms with van der Waals surface area (Å²) in [4.78, 5) is 1.17. The second-order valence-corrected chi connectivity index (χ2v) is 7.44. The molecule has 0 aliphatic carbocycles. The van der Waals surface area contributed by atoms with Crippen LogP contribution in [0.5, 0.6) is 11.5 Å². The van der Waals surface area contributed by atoms with E-state index in [2.05, 4.69) is 5.32 Å². The van der Waals surface area contributed by atoms with Crippen LogP contribution in [0.4, 0.5) is 0 Å². The summed E-state index contributed by atoms with van der Waals surface area (Å²) >= 11 is 1.69. The lowest BCUT2D eigenvalue weighted by atomic mass is 10.2. The van der Waals surface area contributed by atoms with Gasteiger partial charge >= 0.3 is 0 Å². The van der Waals surface area contributed by atoms with Gasteiger partial charge in [0.1, 0.15) is 0 Å². The Kier molecular flexibility index (Phi) is 8.14. The predicted molar refractivity (Wildman–Crippen MR) is 91.2 cm³/mol. The van der Waals surface area contributed by atoms with E-state index in [9.17, 15) is 4.21 Å². The molecule has 1 N–H and O–H groups in total. The Morgan fingerprint density at radius 2 is 1.90 bits per heavy atom. The zero-order valence-electron chi connectivity index (χ0n) is 13.4. The Morgan fingerprint density at radius 3 is 2.43 bits per heavy atom. The highest BCUT2D eigenvalue weighted by Gasteiger charge is 2.11. The van der Waals surface area contributed by atoms with Crippen molar-refractivity contribution in [1.82, 2.24) is 5.32 Å². The molecule has 6 heteroatoms. The van der Waals surface area contributed by atoms with Crippen LogP contribution in [-0.2, 0) is 17.3 Å². The van der Waals surface area contributed by atoms with Gasteiger partial charge in [-0.15, -0.1) is 11.8 Å². The number of methoxy groups -OCH3 is 2. The van der Waals surface area contributed by atoms with E-state index in [0.717, 1.165) is 31.0 Å². The zero-order chi connectivity index (χ0) is 15.8. The normalized spacial score (nSPS) is 13.8. The molecule has 4 nitrogen and oxygen atoms in total. The first-order chi connectivity index (χ1) is 10.0. The molecular weight excluding hydrogens is 306 g/mol. The number of thioether (sulfide) groups is 1. The second-order valence-electron chi connectivity index (χ2n) is 4.79. The van der Waals surface area contributed by atoms with Gasteiger partial charge in [-0.2, -0.15) is 0 Å². The van der Waals surface area contributed by atoms with E-state index in [1.54, 1.807) is 32.2 Å². The van der Waals surface area contributed by atoms with Crippen LogP contribution in [0.2, 0.25) is 0 Å². The van der Waals surface area contributed by atoms with Gasteiger partial charge in [0.15, 0.2) is 11.5 Å². The van der Waals surface area contributed by atoms with Gasteiger partial charge in [0.05, 0.1) is 14.2 Å². The molecule has 0 radical (unpaired) electrons. The molecule has 1 rings (SSSR count).